The lowest BCUT2D eigenvalue weighted by Crippen LogP contribution is -2.35. The molecule has 168 valence electrons. The van der Waals surface area contributed by atoms with Crippen molar-refractivity contribution in [1.29, 1.82) is 5.26 Å². The highest BCUT2D eigenvalue weighted by atomic mass is 35.5. The molecule has 1 aromatic heterocycles. The highest BCUT2D eigenvalue weighted by Crippen LogP contribution is 2.29. The van der Waals surface area contributed by atoms with Crippen LogP contribution in [0.25, 0.3) is 0 Å². The number of aromatic nitrogens is 1. The van der Waals surface area contributed by atoms with Gasteiger partial charge in [0.2, 0.25) is 0 Å². The first-order valence-corrected chi connectivity index (χ1v) is 11.4. The Balaban J connectivity index is 1.63. The van der Waals surface area contributed by atoms with Crippen molar-refractivity contribution in [3.63, 3.8) is 0 Å². The third-order valence-electron chi connectivity index (χ3n) is 6.40. The second-order valence-electron chi connectivity index (χ2n) is 8.37. The Hall–Kier alpha value is -2.82. The predicted octanol–water partition coefficient (Wildman–Crippen LogP) is 4.05. The van der Waals surface area contributed by atoms with Gasteiger partial charge in [-0.15, -0.1) is 0 Å². The Morgan fingerprint density at radius 3 is 2.81 bits per heavy atom. The van der Waals surface area contributed by atoms with E-state index >= 15 is 0 Å². The Morgan fingerprint density at radius 1 is 1.34 bits per heavy atom. The third kappa shape index (κ3) is 4.13. The molecule has 0 saturated carbocycles. The zero-order valence-corrected chi connectivity index (χ0v) is 19.1. The number of fused-ring (bicyclic) bond motifs is 1. The van der Waals surface area contributed by atoms with Crippen LogP contribution in [-0.4, -0.2) is 40.5 Å². The van der Waals surface area contributed by atoms with Gasteiger partial charge in [0.25, 0.3) is 11.8 Å². The fraction of sp³-hybridized carbons (Fsp3) is 0.458. The van der Waals surface area contributed by atoms with E-state index < -0.39 is 0 Å². The summed E-state index contributed by atoms with van der Waals surface area (Å²) < 4.78 is 7.54. The molecule has 1 saturated heterocycles. The van der Waals surface area contributed by atoms with Crippen LogP contribution < -0.4 is 5.32 Å². The molecule has 0 aliphatic carbocycles. The molecule has 3 heterocycles. The van der Waals surface area contributed by atoms with Gasteiger partial charge in [-0.05, 0) is 49.9 Å². The average molecular weight is 455 g/mol. The number of nitriles is 1. The summed E-state index contributed by atoms with van der Waals surface area (Å²) >= 11 is 6.38. The SMILES string of the molecule is CCC(NC(=O)c1cc(C(=O)N2CCCC2C)n2c1COCC2)c1ccc(C#N)cc1Cl. The fourth-order valence-corrected chi connectivity index (χ4v) is 4.91. The maximum atomic E-state index is 13.3. The predicted molar refractivity (Wildman–Crippen MR) is 120 cm³/mol. The van der Waals surface area contributed by atoms with Crippen molar-refractivity contribution < 1.29 is 14.3 Å². The summed E-state index contributed by atoms with van der Waals surface area (Å²) in [6, 6.07) is 8.73. The van der Waals surface area contributed by atoms with Crippen LogP contribution in [0, 0.1) is 11.3 Å². The normalized spacial score (nSPS) is 18.7. The van der Waals surface area contributed by atoms with Crippen LogP contribution in [0.15, 0.2) is 24.3 Å². The first-order chi connectivity index (χ1) is 15.4. The monoisotopic (exact) mass is 454 g/mol. The average Bonchev–Trinajstić information content (AvgIpc) is 3.41. The van der Waals surface area contributed by atoms with Crippen LogP contribution in [0.3, 0.4) is 0 Å². The largest absolute Gasteiger partial charge is 0.373 e. The fourth-order valence-electron chi connectivity index (χ4n) is 4.60. The minimum atomic E-state index is -0.319. The topological polar surface area (TPSA) is 87.4 Å². The molecule has 2 unspecified atom stereocenters. The molecule has 1 fully saturated rings. The molecule has 1 N–H and O–H groups in total. The smallest absolute Gasteiger partial charge is 0.270 e. The number of hydrogen-bond donors (Lipinski definition) is 1. The highest BCUT2D eigenvalue weighted by molar-refractivity contribution is 6.31. The van der Waals surface area contributed by atoms with E-state index in [1.54, 1.807) is 24.3 Å². The Kier molecular flexibility index (Phi) is 6.54. The van der Waals surface area contributed by atoms with Gasteiger partial charge < -0.3 is 19.5 Å². The van der Waals surface area contributed by atoms with Crippen LogP contribution in [0.5, 0.6) is 0 Å². The number of hydrogen-bond acceptors (Lipinski definition) is 4. The van der Waals surface area contributed by atoms with E-state index in [4.69, 9.17) is 21.6 Å². The lowest BCUT2D eigenvalue weighted by molar-refractivity contribution is 0.0683. The van der Waals surface area contributed by atoms with Crippen molar-refractivity contribution in [2.24, 2.45) is 0 Å². The number of nitrogens with one attached hydrogen (secondary N) is 1. The van der Waals surface area contributed by atoms with E-state index in [1.165, 1.54) is 0 Å². The van der Waals surface area contributed by atoms with Gasteiger partial charge in [0.05, 0.1) is 42.1 Å². The molecule has 0 bridgehead atoms. The summed E-state index contributed by atoms with van der Waals surface area (Å²) in [5, 5.41) is 12.6. The third-order valence-corrected chi connectivity index (χ3v) is 6.73. The molecule has 32 heavy (non-hydrogen) atoms. The van der Waals surface area contributed by atoms with Crippen molar-refractivity contribution in [3.05, 3.63) is 57.4 Å². The van der Waals surface area contributed by atoms with E-state index in [-0.39, 0.29) is 23.9 Å². The van der Waals surface area contributed by atoms with Gasteiger partial charge >= 0.3 is 0 Å². The number of amides is 2. The molecule has 2 aliphatic heterocycles. The van der Waals surface area contributed by atoms with Crippen molar-refractivity contribution in [2.45, 2.75) is 58.3 Å². The molecule has 0 spiro atoms. The zero-order chi connectivity index (χ0) is 22.8. The summed E-state index contributed by atoms with van der Waals surface area (Å²) in [6.07, 6.45) is 2.63. The summed E-state index contributed by atoms with van der Waals surface area (Å²) in [7, 11) is 0. The number of ether oxygens (including phenoxy) is 1. The molecular weight excluding hydrogens is 428 g/mol. The van der Waals surface area contributed by atoms with Crippen LogP contribution in [0.4, 0.5) is 0 Å². The van der Waals surface area contributed by atoms with Crippen LogP contribution >= 0.6 is 11.6 Å². The minimum absolute atomic E-state index is 0.0284. The molecule has 2 aliphatic rings. The van der Waals surface area contributed by atoms with Crippen molar-refractivity contribution >= 4 is 23.4 Å². The Morgan fingerprint density at radius 2 is 2.16 bits per heavy atom. The molecular formula is C24H27ClN4O3. The number of carbonyl (C=O) groups is 2. The van der Waals surface area contributed by atoms with Gasteiger partial charge in [-0.1, -0.05) is 24.6 Å². The number of nitrogens with zero attached hydrogens (tertiary/aromatic N) is 3. The van der Waals surface area contributed by atoms with Crippen molar-refractivity contribution in [3.8, 4) is 6.07 Å². The summed E-state index contributed by atoms with van der Waals surface area (Å²) in [5.41, 5.74) is 2.96. The van der Waals surface area contributed by atoms with Gasteiger partial charge in [0, 0.05) is 24.2 Å². The number of halogens is 1. The van der Waals surface area contributed by atoms with E-state index in [1.807, 2.05) is 16.4 Å². The summed E-state index contributed by atoms with van der Waals surface area (Å²) in [5.74, 6) is -0.292. The number of rotatable bonds is 5. The molecule has 0 radical (unpaired) electrons. The number of likely N-dealkylation sites (tertiary alicyclic amines) is 1. The Bertz CT molecular complexity index is 1090. The van der Waals surface area contributed by atoms with Gasteiger partial charge in [-0.2, -0.15) is 5.26 Å². The molecule has 2 atom stereocenters. The zero-order valence-electron chi connectivity index (χ0n) is 18.4. The van der Waals surface area contributed by atoms with E-state index in [2.05, 4.69) is 18.3 Å². The highest BCUT2D eigenvalue weighted by Gasteiger charge is 2.32. The molecule has 1 aromatic carbocycles. The standard InChI is InChI=1S/C24H27ClN4O3/c1-3-20(17-7-6-16(13-26)11-19(17)25)27-23(30)18-12-21(29-9-10-32-14-22(18)29)24(31)28-8-4-5-15(28)2/h6-7,11-12,15,20H,3-5,8-10,14H2,1-2H3,(H,27,30). The molecule has 2 aromatic rings. The van der Waals surface area contributed by atoms with Crippen molar-refractivity contribution in [2.75, 3.05) is 13.2 Å². The lowest BCUT2D eigenvalue weighted by atomic mass is 10.0. The Labute approximate surface area is 192 Å². The second kappa shape index (κ2) is 9.35. The minimum Gasteiger partial charge on any atom is -0.373 e. The van der Waals surface area contributed by atoms with Crippen molar-refractivity contribution in [1.82, 2.24) is 14.8 Å². The quantitative estimate of drug-likeness (QED) is 0.738. The molecule has 7 nitrogen and oxygen atoms in total. The van der Waals surface area contributed by atoms with E-state index in [9.17, 15) is 9.59 Å². The maximum absolute atomic E-state index is 13.3. The van der Waals surface area contributed by atoms with E-state index in [0.29, 0.717) is 48.0 Å². The van der Waals surface area contributed by atoms with Gasteiger partial charge in [0.1, 0.15) is 5.69 Å². The lowest BCUT2D eigenvalue weighted by Gasteiger charge is -2.24. The molecule has 2 amide bonds. The van der Waals surface area contributed by atoms with E-state index in [0.717, 1.165) is 30.6 Å². The number of carbonyl (C=O) groups excluding carboxylic acids is 2. The van der Waals surface area contributed by atoms with Gasteiger partial charge in [-0.25, -0.2) is 0 Å². The first kappa shape index (κ1) is 22.4. The van der Waals surface area contributed by atoms with Crippen LogP contribution in [0.1, 0.15) is 76.8 Å². The first-order valence-electron chi connectivity index (χ1n) is 11.1. The molecule has 4 rings (SSSR count). The van der Waals surface area contributed by atoms with Gasteiger partial charge in [-0.3, -0.25) is 9.59 Å². The van der Waals surface area contributed by atoms with Gasteiger partial charge in [0.15, 0.2) is 0 Å². The summed E-state index contributed by atoms with van der Waals surface area (Å²) in [4.78, 5) is 28.5. The number of benzene rings is 1. The van der Waals surface area contributed by atoms with Crippen LogP contribution in [0.2, 0.25) is 5.02 Å². The second-order valence-corrected chi connectivity index (χ2v) is 8.77. The molecule has 8 heteroatoms. The maximum Gasteiger partial charge on any atom is 0.270 e. The van der Waals surface area contributed by atoms with Crippen LogP contribution in [-0.2, 0) is 17.9 Å². The summed E-state index contributed by atoms with van der Waals surface area (Å²) in [6.45, 7) is 6.12.